The Kier molecular flexibility index (Phi) is 4.49. The summed E-state index contributed by atoms with van der Waals surface area (Å²) in [6.45, 7) is 5.01. The number of carbonyl (C=O) groups is 1. The van der Waals surface area contributed by atoms with E-state index in [0.717, 1.165) is 29.0 Å². The zero-order valence-electron chi connectivity index (χ0n) is 16.4. The summed E-state index contributed by atoms with van der Waals surface area (Å²) in [5.74, 6) is 1.29. The number of aromatic nitrogens is 2. The van der Waals surface area contributed by atoms with Crippen LogP contribution in [0.25, 0.3) is 5.52 Å². The van der Waals surface area contributed by atoms with E-state index in [-0.39, 0.29) is 5.91 Å². The number of amides is 1. The molecule has 2 aliphatic rings. The lowest BCUT2D eigenvalue weighted by Crippen LogP contribution is -2.48. The second kappa shape index (κ2) is 7.17. The minimum Gasteiger partial charge on any atom is -0.491 e. The van der Waals surface area contributed by atoms with E-state index in [1.54, 1.807) is 0 Å². The Labute approximate surface area is 169 Å². The number of nitrogens with one attached hydrogen (secondary N) is 2. The van der Waals surface area contributed by atoms with Gasteiger partial charge < -0.3 is 24.5 Å². The largest absolute Gasteiger partial charge is 0.491 e. The molecular weight excluding hydrogens is 368 g/mol. The monoisotopic (exact) mass is 392 g/mol. The van der Waals surface area contributed by atoms with Gasteiger partial charge in [-0.1, -0.05) is 18.2 Å². The standard InChI is InChI=1S/C22H24N4O3/c1-15-4-3-9-26-18(15)13-24-21(26)22(7-10-28-14-22)25-20(27)17-6-2-5-16-12-23-8-11-29-19(16)17/h2-6,9,13,23H,7-8,10-12,14H2,1H3,(H,25,27). The quantitative estimate of drug-likeness (QED) is 0.714. The summed E-state index contributed by atoms with van der Waals surface area (Å²) in [6.07, 6.45) is 4.52. The molecule has 0 spiro atoms. The van der Waals surface area contributed by atoms with Crippen LogP contribution in [0.3, 0.4) is 0 Å². The van der Waals surface area contributed by atoms with Gasteiger partial charge in [0.05, 0.1) is 23.9 Å². The number of hydrogen-bond acceptors (Lipinski definition) is 5. The van der Waals surface area contributed by atoms with Gasteiger partial charge in [-0.3, -0.25) is 4.79 Å². The van der Waals surface area contributed by atoms with Crippen LogP contribution in [0.1, 0.15) is 33.7 Å². The average Bonchev–Trinajstić information content (AvgIpc) is 3.30. The average molecular weight is 392 g/mol. The molecular formula is C22H24N4O3. The number of hydrogen-bond donors (Lipinski definition) is 2. The molecule has 2 N–H and O–H groups in total. The SMILES string of the molecule is Cc1cccn2c(C3(NC(=O)c4cccc5c4OCCNC5)CCOC3)ncc12. The highest BCUT2D eigenvalue weighted by atomic mass is 16.5. The van der Waals surface area contributed by atoms with E-state index in [1.807, 2.05) is 36.7 Å². The van der Waals surface area contributed by atoms with E-state index >= 15 is 0 Å². The smallest absolute Gasteiger partial charge is 0.255 e. The van der Waals surface area contributed by atoms with Gasteiger partial charge in [0, 0.05) is 37.9 Å². The Morgan fingerprint density at radius 2 is 2.21 bits per heavy atom. The van der Waals surface area contributed by atoms with Gasteiger partial charge in [0.1, 0.15) is 23.7 Å². The second-order valence-electron chi connectivity index (χ2n) is 7.69. The van der Waals surface area contributed by atoms with Crippen LogP contribution < -0.4 is 15.4 Å². The molecule has 0 saturated carbocycles. The number of ether oxygens (including phenoxy) is 2. The summed E-state index contributed by atoms with van der Waals surface area (Å²) in [5.41, 5.74) is 3.04. The highest BCUT2D eigenvalue weighted by Gasteiger charge is 2.42. The molecule has 4 heterocycles. The first kappa shape index (κ1) is 18.1. The third-order valence-electron chi connectivity index (χ3n) is 5.77. The number of rotatable bonds is 3. The molecule has 2 aliphatic heterocycles. The summed E-state index contributed by atoms with van der Waals surface area (Å²) in [5, 5.41) is 6.55. The molecule has 0 aliphatic carbocycles. The van der Waals surface area contributed by atoms with Crippen molar-refractivity contribution < 1.29 is 14.3 Å². The first-order valence-electron chi connectivity index (χ1n) is 9.97. The molecule has 2 aromatic heterocycles. The van der Waals surface area contributed by atoms with Crippen LogP contribution in [0.5, 0.6) is 5.75 Å². The van der Waals surface area contributed by atoms with Crippen molar-refractivity contribution in [3.8, 4) is 5.75 Å². The van der Waals surface area contributed by atoms with Gasteiger partial charge in [-0.2, -0.15) is 0 Å². The highest BCUT2D eigenvalue weighted by Crippen LogP contribution is 2.33. The van der Waals surface area contributed by atoms with Gasteiger partial charge in [-0.15, -0.1) is 0 Å². The van der Waals surface area contributed by atoms with Gasteiger partial charge in [0.25, 0.3) is 5.91 Å². The fraction of sp³-hybridized carbons (Fsp3) is 0.364. The molecule has 1 aromatic carbocycles. The Morgan fingerprint density at radius 3 is 3.07 bits per heavy atom. The lowest BCUT2D eigenvalue weighted by molar-refractivity contribution is 0.0864. The first-order chi connectivity index (χ1) is 14.2. The number of imidazole rings is 1. The zero-order chi connectivity index (χ0) is 19.8. The van der Waals surface area contributed by atoms with E-state index in [9.17, 15) is 4.79 Å². The van der Waals surface area contributed by atoms with Crippen molar-refractivity contribution in [3.63, 3.8) is 0 Å². The molecule has 0 bridgehead atoms. The molecule has 0 radical (unpaired) electrons. The lowest BCUT2D eigenvalue weighted by atomic mass is 9.96. The minimum absolute atomic E-state index is 0.168. The maximum absolute atomic E-state index is 13.4. The highest BCUT2D eigenvalue weighted by molar-refractivity contribution is 5.98. The van der Waals surface area contributed by atoms with Crippen molar-refractivity contribution in [3.05, 3.63) is 65.2 Å². The summed E-state index contributed by atoms with van der Waals surface area (Å²) < 4.78 is 13.7. The molecule has 1 amide bonds. The van der Waals surface area contributed by atoms with Gasteiger partial charge in [0.2, 0.25) is 0 Å². The summed E-state index contributed by atoms with van der Waals surface area (Å²) in [6, 6.07) is 9.76. The number of aryl methyl sites for hydroxylation is 1. The Balaban J connectivity index is 1.54. The summed E-state index contributed by atoms with van der Waals surface area (Å²) in [7, 11) is 0. The molecule has 1 fully saturated rings. The second-order valence-corrected chi connectivity index (χ2v) is 7.69. The van der Waals surface area contributed by atoms with Crippen LogP contribution in [-0.4, -0.2) is 41.7 Å². The van der Waals surface area contributed by atoms with Crippen molar-refractivity contribution in [1.82, 2.24) is 20.0 Å². The predicted octanol–water partition coefficient (Wildman–Crippen LogP) is 2.17. The van der Waals surface area contributed by atoms with Gasteiger partial charge in [0.15, 0.2) is 0 Å². The molecule has 29 heavy (non-hydrogen) atoms. The van der Waals surface area contributed by atoms with Crippen LogP contribution in [0.2, 0.25) is 0 Å². The maximum Gasteiger partial charge on any atom is 0.255 e. The number of para-hydroxylation sites is 1. The van der Waals surface area contributed by atoms with Gasteiger partial charge in [-0.05, 0) is 24.6 Å². The van der Waals surface area contributed by atoms with Crippen LogP contribution in [0.4, 0.5) is 0 Å². The van der Waals surface area contributed by atoms with Crippen molar-refractivity contribution in [2.45, 2.75) is 25.4 Å². The number of carbonyl (C=O) groups excluding carboxylic acids is 1. The van der Waals surface area contributed by atoms with Crippen LogP contribution in [0.15, 0.2) is 42.7 Å². The fourth-order valence-electron chi connectivity index (χ4n) is 4.22. The van der Waals surface area contributed by atoms with Crippen LogP contribution in [-0.2, 0) is 16.8 Å². The number of benzene rings is 1. The zero-order valence-corrected chi connectivity index (χ0v) is 16.4. The fourth-order valence-corrected chi connectivity index (χ4v) is 4.22. The van der Waals surface area contributed by atoms with Crippen molar-refractivity contribution >= 4 is 11.4 Å². The van der Waals surface area contributed by atoms with E-state index in [4.69, 9.17) is 9.47 Å². The van der Waals surface area contributed by atoms with Gasteiger partial charge in [-0.25, -0.2) is 4.98 Å². The normalized spacial score (nSPS) is 21.4. The Morgan fingerprint density at radius 1 is 1.28 bits per heavy atom. The third-order valence-corrected chi connectivity index (χ3v) is 5.77. The minimum atomic E-state index is -0.678. The summed E-state index contributed by atoms with van der Waals surface area (Å²) >= 11 is 0. The van der Waals surface area contributed by atoms with Crippen molar-refractivity contribution in [2.24, 2.45) is 0 Å². The molecule has 5 rings (SSSR count). The van der Waals surface area contributed by atoms with E-state index in [2.05, 4.69) is 33.0 Å². The molecule has 1 unspecified atom stereocenters. The molecule has 1 atom stereocenters. The Bertz CT molecular complexity index is 1070. The lowest BCUT2D eigenvalue weighted by Gasteiger charge is -2.28. The number of nitrogens with zero attached hydrogens (tertiary/aromatic N) is 2. The first-order valence-corrected chi connectivity index (χ1v) is 9.97. The molecule has 1 saturated heterocycles. The van der Waals surface area contributed by atoms with Crippen molar-refractivity contribution in [2.75, 3.05) is 26.4 Å². The summed E-state index contributed by atoms with van der Waals surface area (Å²) in [4.78, 5) is 18.1. The topological polar surface area (TPSA) is 76.9 Å². The molecule has 150 valence electrons. The molecule has 7 nitrogen and oxygen atoms in total. The third kappa shape index (κ3) is 3.07. The van der Waals surface area contributed by atoms with Crippen molar-refractivity contribution in [1.29, 1.82) is 0 Å². The van der Waals surface area contributed by atoms with E-state index < -0.39 is 5.54 Å². The maximum atomic E-state index is 13.4. The number of pyridine rings is 1. The van der Waals surface area contributed by atoms with Crippen LogP contribution >= 0.6 is 0 Å². The molecule has 3 aromatic rings. The number of fused-ring (bicyclic) bond motifs is 2. The van der Waals surface area contributed by atoms with E-state index in [1.165, 1.54) is 0 Å². The predicted molar refractivity (Wildman–Crippen MR) is 108 cm³/mol. The van der Waals surface area contributed by atoms with Gasteiger partial charge >= 0.3 is 0 Å². The molecule has 7 heteroatoms. The van der Waals surface area contributed by atoms with Crippen LogP contribution in [0, 0.1) is 6.92 Å². The Hall–Kier alpha value is -2.90. The van der Waals surface area contributed by atoms with E-state index in [0.29, 0.717) is 44.1 Å².